The van der Waals surface area contributed by atoms with Crippen molar-refractivity contribution in [2.24, 2.45) is 14.1 Å². The van der Waals surface area contributed by atoms with Gasteiger partial charge in [0.2, 0.25) is 0 Å². The van der Waals surface area contributed by atoms with Crippen molar-refractivity contribution in [3.63, 3.8) is 0 Å². The topological polar surface area (TPSA) is 39.8 Å². The first-order valence-electron chi connectivity index (χ1n) is 2.81. The fourth-order valence-corrected chi connectivity index (χ4v) is 1.27. The fraction of sp³-hybridized carbons (Fsp3) is 0.600. The van der Waals surface area contributed by atoms with E-state index in [2.05, 4.69) is 5.10 Å². The van der Waals surface area contributed by atoms with E-state index in [0.29, 0.717) is 0 Å². The van der Waals surface area contributed by atoms with E-state index in [1.807, 2.05) is 6.26 Å². The summed E-state index contributed by atoms with van der Waals surface area (Å²) in [5.74, 6) is 0. The largest absolute Gasteiger partial charge is 0.346 e. The zero-order valence-corrected chi connectivity index (χ0v) is 6.97. The van der Waals surface area contributed by atoms with Gasteiger partial charge in [-0.25, -0.2) is 9.48 Å². The van der Waals surface area contributed by atoms with Crippen LogP contribution in [0.3, 0.4) is 0 Å². The second kappa shape index (κ2) is 2.49. The molecule has 0 saturated carbocycles. The van der Waals surface area contributed by atoms with Crippen LogP contribution in [0.1, 0.15) is 0 Å². The summed E-state index contributed by atoms with van der Waals surface area (Å²) in [5, 5.41) is 4.70. The predicted octanol–water partition coefficient (Wildman–Crippen LogP) is -0.159. The predicted molar refractivity (Wildman–Crippen MR) is 40.2 cm³/mol. The van der Waals surface area contributed by atoms with Crippen LogP contribution in [0.25, 0.3) is 0 Å². The van der Waals surface area contributed by atoms with Crippen molar-refractivity contribution in [2.75, 3.05) is 6.26 Å². The highest BCUT2D eigenvalue weighted by Gasteiger charge is 2.03. The maximum Gasteiger partial charge on any atom is 0.346 e. The number of aromatic nitrogens is 3. The average Bonchev–Trinajstić information content (AvgIpc) is 2.17. The standard InChI is InChI=1S/C5H9N3OS/c1-7-4(10-3)6-8(2)5(7)9/h1-3H3. The lowest BCUT2D eigenvalue weighted by Gasteiger charge is -1.88. The Labute approximate surface area is 62.8 Å². The molecule has 0 aliphatic carbocycles. The quantitative estimate of drug-likeness (QED) is 0.535. The van der Waals surface area contributed by atoms with E-state index >= 15 is 0 Å². The molecule has 0 amide bonds. The number of hydrogen-bond donors (Lipinski definition) is 0. The Balaban J connectivity index is 3.31. The van der Waals surface area contributed by atoms with Crippen molar-refractivity contribution >= 4 is 11.8 Å². The molecule has 10 heavy (non-hydrogen) atoms. The van der Waals surface area contributed by atoms with Crippen molar-refractivity contribution in [1.29, 1.82) is 0 Å². The molecule has 0 aromatic carbocycles. The first kappa shape index (κ1) is 7.40. The molecule has 0 fully saturated rings. The summed E-state index contributed by atoms with van der Waals surface area (Å²) in [6.07, 6.45) is 1.89. The van der Waals surface area contributed by atoms with E-state index in [1.165, 1.54) is 21.0 Å². The van der Waals surface area contributed by atoms with Gasteiger partial charge in [0.25, 0.3) is 0 Å². The molecule has 0 radical (unpaired) electrons. The Morgan fingerprint density at radius 3 is 2.30 bits per heavy atom. The lowest BCUT2D eigenvalue weighted by atomic mass is 11.0. The van der Waals surface area contributed by atoms with Crippen molar-refractivity contribution in [3.05, 3.63) is 10.5 Å². The van der Waals surface area contributed by atoms with Gasteiger partial charge in [-0.2, -0.15) is 0 Å². The first-order chi connectivity index (χ1) is 4.66. The molecular formula is C5H9N3OS. The van der Waals surface area contributed by atoms with E-state index in [0.717, 1.165) is 5.16 Å². The molecule has 0 aliphatic heterocycles. The van der Waals surface area contributed by atoms with Gasteiger partial charge in [0.05, 0.1) is 0 Å². The summed E-state index contributed by atoms with van der Waals surface area (Å²) in [6.45, 7) is 0. The maximum absolute atomic E-state index is 11.0. The Morgan fingerprint density at radius 2 is 2.10 bits per heavy atom. The molecule has 0 bridgehead atoms. The van der Waals surface area contributed by atoms with Gasteiger partial charge in [0, 0.05) is 14.1 Å². The summed E-state index contributed by atoms with van der Waals surface area (Å²) in [4.78, 5) is 11.0. The van der Waals surface area contributed by atoms with Gasteiger partial charge in [-0.3, -0.25) is 4.57 Å². The molecule has 0 saturated heterocycles. The fourth-order valence-electron chi connectivity index (χ4n) is 0.715. The Morgan fingerprint density at radius 1 is 1.50 bits per heavy atom. The van der Waals surface area contributed by atoms with Gasteiger partial charge < -0.3 is 0 Å². The summed E-state index contributed by atoms with van der Waals surface area (Å²) >= 11 is 1.46. The van der Waals surface area contributed by atoms with Gasteiger partial charge in [0.15, 0.2) is 5.16 Å². The third-order valence-electron chi connectivity index (χ3n) is 1.27. The van der Waals surface area contributed by atoms with Crippen LogP contribution in [-0.4, -0.2) is 20.6 Å². The lowest BCUT2D eigenvalue weighted by Crippen LogP contribution is -2.20. The molecule has 0 spiro atoms. The highest BCUT2D eigenvalue weighted by atomic mass is 32.2. The van der Waals surface area contributed by atoms with Crippen molar-refractivity contribution in [3.8, 4) is 0 Å². The number of rotatable bonds is 1. The number of thioether (sulfide) groups is 1. The summed E-state index contributed by atoms with van der Waals surface area (Å²) in [6, 6.07) is 0. The average molecular weight is 159 g/mol. The minimum absolute atomic E-state index is 0.0793. The van der Waals surface area contributed by atoms with Crippen LogP contribution in [0.5, 0.6) is 0 Å². The molecule has 1 heterocycles. The maximum atomic E-state index is 11.0. The van der Waals surface area contributed by atoms with E-state index in [9.17, 15) is 4.79 Å². The molecule has 1 rings (SSSR count). The molecule has 5 heteroatoms. The molecule has 0 unspecified atom stereocenters. The van der Waals surface area contributed by atoms with E-state index in [-0.39, 0.29) is 5.69 Å². The number of nitrogens with zero attached hydrogens (tertiary/aromatic N) is 3. The minimum atomic E-state index is -0.0793. The molecular weight excluding hydrogens is 150 g/mol. The second-order valence-corrected chi connectivity index (χ2v) is 2.73. The van der Waals surface area contributed by atoms with Gasteiger partial charge in [-0.15, -0.1) is 5.10 Å². The normalized spacial score (nSPS) is 10.3. The van der Waals surface area contributed by atoms with E-state index < -0.39 is 0 Å². The van der Waals surface area contributed by atoms with Crippen LogP contribution in [0.4, 0.5) is 0 Å². The van der Waals surface area contributed by atoms with Crippen LogP contribution in [0.2, 0.25) is 0 Å². The van der Waals surface area contributed by atoms with Crippen molar-refractivity contribution in [2.45, 2.75) is 5.16 Å². The van der Waals surface area contributed by atoms with Gasteiger partial charge in [-0.05, 0) is 6.26 Å². The van der Waals surface area contributed by atoms with Crippen LogP contribution in [-0.2, 0) is 14.1 Å². The Bertz CT molecular complexity index is 288. The SMILES string of the molecule is CSc1nn(C)c(=O)n1C. The molecule has 0 aliphatic rings. The second-order valence-electron chi connectivity index (χ2n) is 1.95. The highest BCUT2D eigenvalue weighted by molar-refractivity contribution is 7.98. The first-order valence-corrected chi connectivity index (χ1v) is 4.03. The minimum Gasteiger partial charge on any atom is -0.273 e. The highest BCUT2D eigenvalue weighted by Crippen LogP contribution is 2.05. The zero-order valence-electron chi connectivity index (χ0n) is 6.16. The summed E-state index contributed by atoms with van der Waals surface area (Å²) in [7, 11) is 3.35. The summed E-state index contributed by atoms with van der Waals surface area (Å²) < 4.78 is 2.84. The van der Waals surface area contributed by atoms with Gasteiger partial charge in [0.1, 0.15) is 0 Å². The van der Waals surface area contributed by atoms with Crippen molar-refractivity contribution in [1.82, 2.24) is 14.3 Å². The molecule has 0 N–H and O–H groups in total. The molecule has 56 valence electrons. The van der Waals surface area contributed by atoms with Gasteiger partial charge >= 0.3 is 5.69 Å². The van der Waals surface area contributed by atoms with Gasteiger partial charge in [-0.1, -0.05) is 11.8 Å². The van der Waals surface area contributed by atoms with Crippen LogP contribution in [0.15, 0.2) is 9.95 Å². The molecule has 1 aromatic rings. The zero-order chi connectivity index (χ0) is 7.72. The van der Waals surface area contributed by atoms with Crippen LogP contribution >= 0.6 is 11.8 Å². The monoisotopic (exact) mass is 159 g/mol. The molecule has 1 aromatic heterocycles. The lowest BCUT2D eigenvalue weighted by molar-refractivity contribution is 0.712. The smallest absolute Gasteiger partial charge is 0.273 e. The number of aryl methyl sites for hydroxylation is 1. The third-order valence-corrected chi connectivity index (χ3v) is 1.99. The summed E-state index contributed by atoms with van der Waals surface area (Å²) in [5.41, 5.74) is -0.0793. The van der Waals surface area contributed by atoms with Crippen LogP contribution in [0, 0.1) is 0 Å². The third kappa shape index (κ3) is 0.965. The van der Waals surface area contributed by atoms with Crippen LogP contribution < -0.4 is 5.69 Å². The number of hydrogen-bond acceptors (Lipinski definition) is 3. The molecule has 0 atom stereocenters. The molecule has 4 nitrogen and oxygen atoms in total. The Hall–Kier alpha value is -0.710. The Kier molecular flexibility index (Phi) is 1.85. The van der Waals surface area contributed by atoms with E-state index in [1.54, 1.807) is 14.1 Å². The van der Waals surface area contributed by atoms with Crippen molar-refractivity contribution < 1.29 is 0 Å². The van der Waals surface area contributed by atoms with E-state index in [4.69, 9.17) is 0 Å².